The zero-order valence-corrected chi connectivity index (χ0v) is 17.4. The Kier molecular flexibility index (Phi) is 4.81. The van der Waals surface area contributed by atoms with Gasteiger partial charge in [-0.3, -0.25) is 4.79 Å². The van der Waals surface area contributed by atoms with E-state index in [9.17, 15) is 9.90 Å². The van der Waals surface area contributed by atoms with Crippen LogP contribution in [0, 0.1) is 5.92 Å². The molecule has 0 atom stereocenters. The summed E-state index contributed by atoms with van der Waals surface area (Å²) in [4.78, 5) is 11.4. The maximum Gasteiger partial charge on any atom is 0.306 e. The van der Waals surface area contributed by atoms with Crippen LogP contribution in [-0.4, -0.2) is 11.1 Å². The van der Waals surface area contributed by atoms with Gasteiger partial charge in [0.15, 0.2) is 0 Å². The Hall–Kier alpha value is -1.78. The first-order valence-electron chi connectivity index (χ1n) is 9.18. The Morgan fingerprint density at radius 3 is 2.63 bits per heavy atom. The average molecular weight is 447 g/mol. The van der Waals surface area contributed by atoms with Crippen molar-refractivity contribution in [3.05, 3.63) is 68.7 Å². The Labute approximate surface area is 172 Å². The molecule has 0 amide bonds. The lowest BCUT2D eigenvalue weighted by Crippen LogP contribution is -2.33. The van der Waals surface area contributed by atoms with Gasteiger partial charge in [-0.05, 0) is 74.1 Å². The van der Waals surface area contributed by atoms with E-state index in [4.69, 9.17) is 11.6 Å². The summed E-state index contributed by atoms with van der Waals surface area (Å²) >= 11 is 9.85. The fraction of sp³-hybridized carbons (Fsp3) is 0.318. The highest BCUT2D eigenvalue weighted by Gasteiger charge is 2.46. The largest absolute Gasteiger partial charge is 0.481 e. The van der Waals surface area contributed by atoms with E-state index in [1.807, 2.05) is 30.3 Å². The van der Waals surface area contributed by atoms with Gasteiger partial charge in [0.05, 0.1) is 5.92 Å². The van der Waals surface area contributed by atoms with Crippen LogP contribution >= 0.6 is 27.5 Å². The van der Waals surface area contributed by atoms with Gasteiger partial charge >= 0.3 is 5.97 Å². The predicted octanol–water partition coefficient (Wildman–Crippen LogP) is 6.47. The second kappa shape index (κ2) is 6.99. The van der Waals surface area contributed by atoms with Gasteiger partial charge in [0.1, 0.15) is 0 Å². The van der Waals surface area contributed by atoms with Crippen LogP contribution in [0.25, 0.3) is 5.70 Å². The quantitative estimate of drug-likeness (QED) is 0.568. The van der Waals surface area contributed by atoms with Gasteiger partial charge in [0.25, 0.3) is 0 Å². The molecule has 140 valence electrons. The van der Waals surface area contributed by atoms with E-state index in [0.29, 0.717) is 17.9 Å². The summed E-state index contributed by atoms with van der Waals surface area (Å²) in [6.45, 7) is 2.18. The standard InChI is InChI=1S/C22H21BrClNO2/c1-13-20(25-17-4-2-3-15(23)11-17)18-12-16(24)5-6-19(18)22(13)9-7-14(8-10-22)21(26)27/h2-6,11-12,14,25H,7-10H2,1H3,(H,26,27). The van der Waals surface area contributed by atoms with E-state index >= 15 is 0 Å². The van der Waals surface area contributed by atoms with Crippen molar-refractivity contribution < 1.29 is 9.90 Å². The van der Waals surface area contributed by atoms with Gasteiger partial charge in [-0.15, -0.1) is 0 Å². The summed E-state index contributed by atoms with van der Waals surface area (Å²) in [6, 6.07) is 14.2. The van der Waals surface area contributed by atoms with Crippen molar-refractivity contribution in [3.63, 3.8) is 0 Å². The third kappa shape index (κ3) is 3.19. The number of carbonyl (C=O) groups is 1. The lowest BCUT2D eigenvalue weighted by Gasteiger charge is -2.38. The lowest BCUT2D eigenvalue weighted by molar-refractivity contribution is -0.143. The van der Waals surface area contributed by atoms with Crippen LogP contribution in [0.15, 0.2) is 52.5 Å². The first-order chi connectivity index (χ1) is 12.9. The predicted molar refractivity (Wildman–Crippen MR) is 113 cm³/mol. The van der Waals surface area contributed by atoms with E-state index in [1.165, 1.54) is 11.1 Å². The van der Waals surface area contributed by atoms with Crippen molar-refractivity contribution in [3.8, 4) is 0 Å². The third-order valence-electron chi connectivity index (χ3n) is 6.14. The molecule has 0 unspecified atom stereocenters. The smallest absolute Gasteiger partial charge is 0.306 e. The minimum atomic E-state index is -0.673. The van der Waals surface area contributed by atoms with Crippen LogP contribution in [0.2, 0.25) is 5.02 Å². The maximum atomic E-state index is 11.4. The molecule has 2 aliphatic rings. The molecule has 2 aromatic carbocycles. The number of carboxylic acid groups (broad SMARTS) is 1. The van der Waals surface area contributed by atoms with E-state index in [0.717, 1.165) is 34.3 Å². The molecule has 1 fully saturated rings. The first-order valence-corrected chi connectivity index (χ1v) is 10.3. The number of hydrogen-bond acceptors (Lipinski definition) is 2. The number of hydrogen-bond donors (Lipinski definition) is 2. The van der Waals surface area contributed by atoms with Crippen molar-refractivity contribution in [2.75, 3.05) is 5.32 Å². The van der Waals surface area contributed by atoms with E-state index in [-0.39, 0.29) is 11.3 Å². The second-order valence-corrected chi connectivity index (χ2v) is 8.87. The number of halogens is 2. The molecule has 5 heteroatoms. The number of nitrogens with one attached hydrogen (secondary N) is 1. The molecule has 0 aromatic heterocycles. The van der Waals surface area contributed by atoms with Crippen molar-refractivity contribution in [1.29, 1.82) is 0 Å². The Morgan fingerprint density at radius 1 is 1.22 bits per heavy atom. The minimum Gasteiger partial charge on any atom is -0.481 e. The number of anilines is 1. The normalized spacial score (nSPS) is 24.2. The van der Waals surface area contributed by atoms with Gasteiger partial charge in [-0.2, -0.15) is 0 Å². The number of rotatable bonds is 3. The Morgan fingerprint density at radius 2 is 1.96 bits per heavy atom. The Bertz CT molecular complexity index is 945. The topological polar surface area (TPSA) is 49.3 Å². The molecule has 0 radical (unpaired) electrons. The molecule has 1 saturated carbocycles. The molecular formula is C22H21BrClNO2. The highest BCUT2D eigenvalue weighted by atomic mass is 79.9. The summed E-state index contributed by atoms with van der Waals surface area (Å²) < 4.78 is 1.02. The van der Waals surface area contributed by atoms with Crippen LogP contribution in [0.1, 0.15) is 43.7 Å². The van der Waals surface area contributed by atoms with Crippen LogP contribution in [0.5, 0.6) is 0 Å². The number of benzene rings is 2. The third-order valence-corrected chi connectivity index (χ3v) is 6.87. The monoisotopic (exact) mass is 445 g/mol. The van der Waals surface area contributed by atoms with E-state index in [2.05, 4.69) is 40.3 Å². The maximum absolute atomic E-state index is 11.4. The molecule has 4 rings (SSSR count). The molecule has 0 bridgehead atoms. The molecule has 3 nitrogen and oxygen atoms in total. The zero-order chi connectivity index (χ0) is 19.2. The minimum absolute atomic E-state index is 0.0970. The summed E-state index contributed by atoms with van der Waals surface area (Å²) in [6.07, 6.45) is 3.13. The zero-order valence-electron chi connectivity index (χ0n) is 15.1. The molecule has 1 spiro atoms. The molecule has 0 aliphatic heterocycles. The first kappa shape index (κ1) is 18.6. The highest BCUT2D eigenvalue weighted by Crippen LogP contribution is 2.55. The number of allylic oxidation sites excluding steroid dienone is 1. The second-order valence-electron chi connectivity index (χ2n) is 7.52. The summed E-state index contributed by atoms with van der Waals surface area (Å²) in [7, 11) is 0. The Balaban J connectivity index is 1.77. The summed E-state index contributed by atoms with van der Waals surface area (Å²) in [5, 5.41) is 13.7. The molecule has 2 aromatic rings. The van der Waals surface area contributed by atoms with Gasteiger partial charge in [0, 0.05) is 31.9 Å². The SMILES string of the molecule is CC1=C(Nc2cccc(Br)c2)c2cc(Cl)ccc2C12CCC(C(=O)O)CC2. The molecule has 0 saturated heterocycles. The number of carboxylic acids is 1. The highest BCUT2D eigenvalue weighted by molar-refractivity contribution is 9.10. The van der Waals surface area contributed by atoms with E-state index in [1.54, 1.807) is 0 Å². The average Bonchev–Trinajstić information content (AvgIpc) is 2.84. The molecular weight excluding hydrogens is 426 g/mol. The fourth-order valence-corrected chi connectivity index (χ4v) is 5.23. The summed E-state index contributed by atoms with van der Waals surface area (Å²) in [5.41, 5.74) is 5.70. The van der Waals surface area contributed by atoms with Crippen molar-refractivity contribution in [1.82, 2.24) is 0 Å². The van der Waals surface area contributed by atoms with Crippen molar-refractivity contribution >= 4 is 44.9 Å². The lowest BCUT2D eigenvalue weighted by atomic mass is 9.65. The van der Waals surface area contributed by atoms with Crippen LogP contribution in [0.4, 0.5) is 5.69 Å². The van der Waals surface area contributed by atoms with Crippen molar-refractivity contribution in [2.45, 2.75) is 38.0 Å². The van der Waals surface area contributed by atoms with Crippen LogP contribution < -0.4 is 5.32 Å². The van der Waals surface area contributed by atoms with Gasteiger partial charge < -0.3 is 10.4 Å². The van der Waals surface area contributed by atoms with Crippen LogP contribution in [0.3, 0.4) is 0 Å². The molecule has 2 N–H and O–H groups in total. The van der Waals surface area contributed by atoms with Gasteiger partial charge in [0.2, 0.25) is 0 Å². The summed E-state index contributed by atoms with van der Waals surface area (Å²) in [5.74, 6) is -0.908. The van der Waals surface area contributed by atoms with Gasteiger partial charge in [-0.1, -0.05) is 39.7 Å². The van der Waals surface area contributed by atoms with Gasteiger partial charge in [-0.25, -0.2) is 0 Å². The molecule has 0 heterocycles. The van der Waals surface area contributed by atoms with Crippen LogP contribution in [-0.2, 0) is 10.2 Å². The number of fused-ring (bicyclic) bond motifs is 2. The molecule has 27 heavy (non-hydrogen) atoms. The number of aliphatic carboxylic acids is 1. The van der Waals surface area contributed by atoms with Crippen molar-refractivity contribution in [2.24, 2.45) is 5.92 Å². The fourth-order valence-electron chi connectivity index (χ4n) is 4.66. The van der Waals surface area contributed by atoms with E-state index < -0.39 is 5.97 Å². The molecule has 2 aliphatic carbocycles.